The molecule has 1 aliphatic rings. The summed E-state index contributed by atoms with van der Waals surface area (Å²) in [7, 11) is 0. The third-order valence-electron chi connectivity index (χ3n) is 3.88. The number of hydrogen-bond donors (Lipinski definition) is 1. The highest BCUT2D eigenvalue weighted by Crippen LogP contribution is 2.32. The van der Waals surface area contributed by atoms with E-state index in [1.54, 1.807) is 0 Å². The van der Waals surface area contributed by atoms with Crippen LogP contribution in [-0.4, -0.2) is 17.8 Å². The predicted molar refractivity (Wildman–Crippen MR) is 81.4 cm³/mol. The van der Waals surface area contributed by atoms with Gasteiger partial charge in [0.2, 0.25) is 0 Å². The van der Waals surface area contributed by atoms with E-state index in [2.05, 4.69) is 0 Å². The zero-order chi connectivity index (χ0) is 14.7. The lowest BCUT2D eigenvalue weighted by Crippen LogP contribution is -2.12. The van der Waals surface area contributed by atoms with Crippen LogP contribution in [-0.2, 0) is 4.74 Å². The quantitative estimate of drug-likeness (QED) is 0.924. The molecule has 110 valence electrons. The molecule has 3 atom stereocenters. The molecule has 0 amide bonds. The van der Waals surface area contributed by atoms with Gasteiger partial charge in [0.25, 0.3) is 0 Å². The van der Waals surface area contributed by atoms with Crippen molar-refractivity contribution < 1.29 is 14.6 Å². The van der Waals surface area contributed by atoms with Crippen molar-refractivity contribution in [1.29, 1.82) is 0 Å². The lowest BCUT2D eigenvalue weighted by Gasteiger charge is -2.17. The Balaban J connectivity index is 1.66. The maximum absolute atomic E-state index is 10.4. The van der Waals surface area contributed by atoms with Gasteiger partial charge in [0.1, 0.15) is 11.5 Å². The molecule has 0 aromatic heterocycles. The number of para-hydroxylation sites is 1. The smallest absolute Gasteiger partial charge is 0.127 e. The Hall–Kier alpha value is -1.84. The van der Waals surface area contributed by atoms with E-state index >= 15 is 0 Å². The third-order valence-corrected chi connectivity index (χ3v) is 3.88. The van der Waals surface area contributed by atoms with Gasteiger partial charge in [0.15, 0.2) is 0 Å². The minimum atomic E-state index is -0.472. The van der Waals surface area contributed by atoms with E-state index in [0.717, 1.165) is 23.5 Å². The van der Waals surface area contributed by atoms with E-state index < -0.39 is 6.10 Å². The molecule has 0 spiro atoms. The first kappa shape index (κ1) is 14.1. The summed E-state index contributed by atoms with van der Waals surface area (Å²) in [5, 5.41) is 10.4. The minimum Gasteiger partial charge on any atom is -0.457 e. The number of aliphatic hydroxyl groups excluding tert-OH is 1. The Morgan fingerprint density at radius 2 is 1.71 bits per heavy atom. The molecular weight excluding hydrogens is 264 g/mol. The SMILES string of the molecule is CC1CC(C(O)c2ccc(Oc3ccccc3)cc2)CO1. The van der Waals surface area contributed by atoms with Crippen molar-refractivity contribution in [2.24, 2.45) is 5.92 Å². The molecule has 2 aromatic rings. The summed E-state index contributed by atoms with van der Waals surface area (Å²) < 4.78 is 11.3. The summed E-state index contributed by atoms with van der Waals surface area (Å²) in [6.45, 7) is 2.67. The average Bonchev–Trinajstić information content (AvgIpc) is 2.95. The molecule has 1 aliphatic heterocycles. The Kier molecular flexibility index (Phi) is 4.23. The van der Waals surface area contributed by atoms with Crippen molar-refractivity contribution in [3.63, 3.8) is 0 Å². The predicted octanol–water partition coefficient (Wildman–Crippen LogP) is 3.94. The van der Waals surface area contributed by atoms with Crippen LogP contribution in [0.5, 0.6) is 11.5 Å². The molecule has 1 N–H and O–H groups in total. The summed E-state index contributed by atoms with van der Waals surface area (Å²) in [5.41, 5.74) is 0.915. The molecule has 0 aliphatic carbocycles. The van der Waals surface area contributed by atoms with Crippen LogP contribution in [0.1, 0.15) is 25.0 Å². The first-order valence-electron chi connectivity index (χ1n) is 7.35. The van der Waals surface area contributed by atoms with E-state index in [-0.39, 0.29) is 12.0 Å². The monoisotopic (exact) mass is 284 g/mol. The Bertz CT molecular complexity index is 565. The second kappa shape index (κ2) is 6.29. The molecule has 3 rings (SSSR count). The van der Waals surface area contributed by atoms with Crippen molar-refractivity contribution in [3.8, 4) is 11.5 Å². The van der Waals surface area contributed by atoms with Gasteiger partial charge in [-0.05, 0) is 43.2 Å². The molecule has 21 heavy (non-hydrogen) atoms. The lowest BCUT2D eigenvalue weighted by molar-refractivity contribution is 0.0804. The fraction of sp³-hybridized carbons (Fsp3) is 0.333. The van der Waals surface area contributed by atoms with Gasteiger partial charge in [-0.25, -0.2) is 0 Å². The van der Waals surface area contributed by atoms with Crippen LogP contribution in [0.4, 0.5) is 0 Å². The van der Waals surface area contributed by atoms with Gasteiger partial charge in [-0.15, -0.1) is 0 Å². The molecule has 3 unspecified atom stereocenters. The maximum Gasteiger partial charge on any atom is 0.127 e. The molecule has 1 saturated heterocycles. The van der Waals surface area contributed by atoms with Crippen molar-refractivity contribution in [1.82, 2.24) is 0 Å². The highest BCUT2D eigenvalue weighted by atomic mass is 16.5. The molecule has 0 bridgehead atoms. The summed E-state index contributed by atoms with van der Waals surface area (Å²) in [5.74, 6) is 1.76. The van der Waals surface area contributed by atoms with Crippen LogP contribution in [0.3, 0.4) is 0 Å². The molecule has 0 radical (unpaired) electrons. The Morgan fingerprint density at radius 3 is 2.33 bits per heavy atom. The average molecular weight is 284 g/mol. The topological polar surface area (TPSA) is 38.7 Å². The fourth-order valence-electron chi connectivity index (χ4n) is 2.70. The highest BCUT2D eigenvalue weighted by molar-refractivity contribution is 5.33. The standard InChI is InChI=1S/C18H20O3/c1-13-11-15(12-20-13)18(19)14-7-9-17(10-8-14)21-16-5-3-2-4-6-16/h2-10,13,15,18-19H,11-12H2,1H3. The van der Waals surface area contributed by atoms with Crippen LogP contribution in [0.25, 0.3) is 0 Å². The first-order valence-corrected chi connectivity index (χ1v) is 7.35. The van der Waals surface area contributed by atoms with Crippen LogP contribution < -0.4 is 4.74 Å². The van der Waals surface area contributed by atoms with Crippen molar-refractivity contribution in [2.45, 2.75) is 25.6 Å². The van der Waals surface area contributed by atoms with Crippen LogP contribution >= 0.6 is 0 Å². The zero-order valence-corrected chi connectivity index (χ0v) is 12.1. The van der Waals surface area contributed by atoms with Crippen molar-refractivity contribution >= 4 is 0 Å². The van der Waals surface area contributed by atoms with E-state index in [0.29, 0.717) is 6.61 Å². The van der Waals surface area contributed by atoms with Crippen LogP contribution in [0.2, 0.25) is 0 Å². The van der Waals surface area contributed by atoms with E-state index in [9.17, 15) is 5.11 Å². The minimum absolute atomic E-state index is 0.181. The molecule has 3 heteroatoms. The van der Waals surface area contributed by atoms with Crippen molar-refractivity contribution in [2.75, 3.05) is 6.61 Å². The molecule has 3 nitrogen and oxygen atoms in total. The Labute approximate surface area is 125 Å². The van der Waals surface area contributed by atoms with Gasteiger partial charge in [-0.1, -0.05) is 30.3 Å². The summed E-state index contributed by atoms with van der Waals surface area (Å²) >= 11 is 0. The van der Waals surface area contributed by atoms with E-state index in [1.165, 1.54) is 0 Å². The third kappa shape index (κ3) is 3.43. The van der Waals surface area contributed by atoms with Gasteiger partial charge in [-0.2, -0.15) is 0 Å². The lowest BCUT2D eigenvalue weighted by atomic mass is 9.94. The van der Waals surface area contributed by atoms with Gasteiger partial charge in [-0.3, -0.25) is 0 Å². The number of ether oxygens (including phenoxy) is 2. The molecule has 1 fully saturated rings. The fourth-order valence-corrected chi connectivity index (χ4v) is 2.70. The van der Waals surface area contributed by atoms with Gasteiger partial charge < -0.3 is 14.6 Å². The number of benzene rings is 2. The van der Waals surface area contributed by atoms with Gasteiger partial charge in [0, 0.05) is 5.92 Å². The second-order valence-electron chi connectivity index (χ2n) is 5.57. The highest BCUT2D eigenvalue weighted by Gasteiger charge is 2.29. The Morgan fingerprint density at radius 1 is 1.05 bits per heavy atom. The van der Waals surface area contributed by atoms with E-state index in [1.807, 2.05) is 61.5 Å². The summed E-state index contributed by atoms with van der Waals surface area (Å²) in [4.78, 5) is 0. The number of hydrogen-bond acceptors (Lipinski definition) is 3. The largest absolute Gasteiger partial charge is 0.457 e. The van der Waals surface area contributed by atoms with Crippen molar-refractivity contribution in [3.05, 3.63) is 60.2 Å². The van der Waals surface area contributed by atoms with Gasteiger partial charge >= 0.3 is 0 Å². The van der Waals surface area contributed by atoms with Gasteiger partial charge in [0.05, 0.1) is 18.8 Å². The number of rotatable bonds is 4. The molecule has 0 saturated carbocycles. The zero-order valence-electron chi connectivity index (χ0n) is 12.1. The molecular formula is C18H20O3. The second-order valence-corrected chi connectivity index (χ2v) is 5.57. The molecule has 2 aromatic carbocycles. The maximum atomic E-state index is 10.4. The van der Waals surface area contributed by atoms with E-state index in [4.69, 9.17) is 9.47 Å². The number of aliphatic hydroxyl groups is 1. The summed E-state index contributed by atoms with van der Waals surface area (Å²) in [6.07, 6.45) is 0.676. The van der Waals surface area contributed by atoms with Crippen LogP contribution in [0, 0.1) is 5.92 Å². The first-order chi connectivity index (χ1) is 10.2. The van der Waals surface area contributed by atoms with Crippen LogP contribution in [0.15, 0.2) is 54.6 Å². The molecule has 1 heterocycles. The normalized spacial score (nSPS) is 23.0. The summed E-state index contributed by atoms with van der Waals surface area (Å²) in [6, 6.07) is 17.3.